The van der Waals surface area contributed by atoms with Crippen LogP contribution in [0.4, 0.5) is 0 Å². The number of para-hydroxylation sites is 1. The van der Waals surface area contributed by atoms with E-state index < -0.39 is 35.9 Å². The highest BCUT2D eigenvalue weighted by Gasteiger charge is 2.26. The number of hydrogen-bond acceptors (Lipinski definition) is 5. The molecule has 0 radical (unpaired) electrons. The molecule has 29 heavy (non-hydrogen) atoms. The maximum absolute atomic E-state index is 12.4. The zero-order valence-electron chi connectivity index (χ0n) is 16.5. The number of carboxylic acid groups (broad SMARTS) is 1. The average Bonchev–Trinajstić information content (AvgIpc) is 3.10. The molecule has 2 rings (SSSR count). The number of H-pyrrole nitrogens is 1. The van der Waals surface area contributed by atoms with Crippen molar-refractivity contribution in [1.82, 2.24) is 15.6 Å². The molecule has 2 aromatic rings. The van der Waals surface area contributed by atoms with Crippen molar-refractivity contribution < 1.29 is 19.5 Å². The van der Waals surface area contributed by atoms with Crippen LogP contribution in [0.1, 0.15) is 31.7 Å². The van der Waals surface area contributed by atoms with Gasteiger partial charge in [0.2, 0.25) is 11.8 Å². The third kappa shape index (κ3) is 6.30. The van der Waals surface area contributed by atoms with Gasteiger partial charge in [0.15, 0.2) is 0 Å². The van der Waals surface area contributed by atoms with Crippen LogP contribution in [0.15, 0.2) is 30.5 Å². The van der Waals surface area contributed by atoms with Gasteiger partial charge in [-0.3, -0.25) is 9.59 Å². The molecule has 0 aliphatic carbocycles. The smallest absolute Gasteiger partial charge is 0.326 e. The SMILES string of the molecule is C[C@H](NC(=O)[C@@H](N)CCCCN)C(=O)N[C@@H](Cc1c[nH]c2ccccc12)C(=O)O. The van der Waals surface area contributed by atoms with Crippen molar-refractivity contribution in [2.75, 3.05) is 6.54 Å². The minimum atomic E-state index is -1.15. The molecule has 0 aliphatic rings. The minimum absolute atomic E-state index is 0.115. The fourth-order valence-corrected chi connectivity index (χ4v) is 3.04. The van der Waals surface area contributed by atoms with Crippen molar-refractivity contribution in [2.45, 2.75) is 50.7 Å². The van der Waals surface area contributed by atoms with Gasteiger partial charge in [-0.2, -0.15) is 0 Å². The zero-order valence-corrected chi connectivity index (χ0v) is 16.5. The number of carbonyl (C=O) groups excluding carboxylic acids is 2. The molecule has 0 bridgehead atoms. The number of aromatic nitrogens is 1. The van der Waals surface area contributed by atoms with Crippen molar-refractivity contribution >= 4 is 28.7 Å². The van der Waals surface area contributed by atoms with Gasteiger partial charge in [0.1, 0.15) is 12.1 Å². The second-order valence-corrected chi connectivity index (χ2v) is 7.08. The molecule has 0 fully saturated rings. The monoisotopic (exact) mass is 403 g/mol. The number of rotatable bonds is 11. The Hall–Kier alpha value is -2.91. The second-order valence-electron chi connectivity index (χ2n) is 7.08. The molecular formula is C20H29N5O4. The van der Waals surface area contributed by atoms with Gasteiger partial charge in [0.25, 0.3) is 0 Å². The summed E-state index contributed by atoms with van der Waals surface area (Å²) in [4.78, 5) is 39.3. The fraction of sp³-hybridized carbons (Fsp3) is 0.450. The molecule has 0 saturated carbocycles. The summed E-state index contributed by atoms with van der Waals surface area (Å²) in [5.74, 6) is -2.19. The van der Waals surface area contributed by atoms with Gasteiger partial charge >= 0.3 is 5.97 Å². The first kappa shape index (κ1) is 22.4. The first-order chi connectivity index (χ1) is 13.8. The van der Waals surface area contributed by atoms with E-state index in [0.29, 0.717) is 13.0 Å². The number of carboxylic acids is 1. The van der Waals surface area contributed by atoms with Crippen molar-refractivity contribution in [3.8, 4) is 0 Å². The summed E-state index contributed by atoms with van der Waals surface area (Å²) >= 11 is 0. The van der Waals surface area contributed by atoms with Crippen molar-refractivity contribution in [2.24, 2.45) is 11.5 Å². The molecule has 3 atom stereocenters. The van der Waals surface area contributed by atoms with Gasteiger partial charge in [0, 0.05) is 23.5 Å². The third-order valence-electron chi connectivity index (χ3n) is 4.77. The molecule has 2 amide bonds. The van der Waals surface area contributed by atoms with Gasteiger partial charge in [-0.1, -0.05) is 24.6 Å². The van der Waals surface area contributed by atoms with E-state index in [0.717, 1.165) is 29.3 Å². The Morgan fingerprint density at radius 1 is 1.14 bits per heavy atom. The number of amides is 2. The van der Waals surface area contributed by atoms with Crippen LogP contribution in [0, 0.1) is 0 Å². The number of aliphatic carboxylic acids is 1. The molecule has 1 aromatic carbocycles. The third-order valence-corrected chi connectivity index (χ3v) is 4.77. The standard InChI is InChI=1S/C20H29N5O4/c1-12(24-19(27)15(22)7-4-5-9-21)18(26)25-17(20(28)29)10-13-11-23-16-8-3-2-6-14(13)16/h2-3,6,8,11-12,15,17,23H,4-5,7,9-10,21-22H2,1H3,(H,24,27)(H,25,26)(H,28,29)/t12-,15-,17-/m0/s1. The molecule has 0 unspecified atom stereocenters. The minimum Gasteiger partial charge on any atom is -0.480 e. The quantitative estimate of drug-likeness (QED) is 0.294. The maximum Gasteiger partial charge on any atom is 0.326 e. The first-order valence-electron chi connectivity index (χ1n) is 9.67. The Labute approximate surface area is 169 Å². The summed E-state index contributed by atoms with van der Waals surface area (Å²) in [7, 11) is 0. The van der Waals surface area contributed by atoms with Crippen LogP contribution in [-0.4, -0.2) is 52.5 Å². The number of hydrogen-bond donors (Lipinski definition) is 6. The number of benzene rings is 1. The Balaban J connectivity index is 1.94. The molecule has 158 valence electrons. The van der Waals surface area contributed by atoms with Gasteiger partial charge in [0.05, 0.1) is 6.04 Å². The second kappa shape index (κ2) is 10.6. The summed E-state index contributed by atoms with van der Waals surface area (Å²) in [5, 5.41) is 15.4. The van der Waals surface area contributed by atoms with Gasteiger partial charge < -0.3 is 32.2 Å². The first-order valence-corrected chi connectivity index (χ1v) is 9.67. The highest BCUT2D eigenvalue weighted by Crippen LogP contribution is 2.19. The van der Waals surface area contributed by atoms with Crippen molar-refractivity contribution in [3.05, 3.63) is 36.0 Å². The molecule has 1 aromatic heterocycles. The van der Waals surface area contributed by atoms with Crippen LogP contribution in [-0.2, 0) is 20.8 Å². The lowest BCUT2D eigenvalue weighted by molar-refractivity contribution is -0.142. The number of unbranched alkanes of at least 4 members (excludes halogenated alkanes) is 1. The van der Waals surface area contributed by atoms with E-state index in [1.807, 2.05) is 24.3 Å². The highest BCUT2D eigenvalue weighted by molar-refractivity contribution is 5.92. The summed E-state index contributed by atoms with van der Waals surface area (Å²) < 4.78 is 0. The normalized spacial score (nSPS) is 14.2. The van der Waals surface area contributed by atoms with E-state index in [1.54, 1.807) is 6.20 Å². The van der Waals surface area contributed by atoms with Crippen molar-refractivity contribution in [1.29, 1.82) is 0 Å². The van der Waals surface area contributed by atoms with Crippen LogP contribution in [0.2, 0.25) is 0 Å². The molecular weight excluding hydrogens is 374 g/mol. The Morgan fingerprint density at radius 3 is 2.55 bits per heavy atom. The molecule has 9 heteroatoms. The van der Waals surface area contributed by atoms with Gasteiger partial charge in [-0.25, -0.2) is 4.79 Å². The van der Waals surface area contributed by atoms with E-state index in [4.69, 9.17) is 11.5 Å². The number of fused-ring (bicyclic) bond motifs is 1. The summed E-state index contributed by atoms with van der Waals surface area (Å²) in [6.45, 7) is 2.02. The van der Waals surface area contributed by atoms with Crippen LogP contribution in [0.3, 0.4) is 0 Å². The molecule has 9 nitrogen and oxygen atoms in total. The van der Waals surface area contributed by atoms with Crippen molar-refractivity contribution in [3.63, 3.8) is 0 Å². The Morgan fingerprint density at radius 2 is 1.86 bits per heavy atom. The molecule has 0 spiro atoms. The predicted octanol–water partition coefficient (Wildman–Crippen LogP) is 0.241. The highest BCUT2D eigenvalue weighted by atomic mass is 16.4. The Kier molecular flexibility index (Phi) is 8.17. The lowest BCUT2D eigenvalue weighted by atomic mass is 10.0. The number of nitrogens with two attached hydrogens (primary N) is 2. The van der Waals surface area contributed by atoms with Crippen LogP contribution < -0.4 is 22.1 Å². The topological polar surface area (TPSA) is 163 Å². The van der Waals surface area contributed by atoms with E-state index in [-0.39, 0.29) is 6.42 Å². The van der Waals surface area contributed by atoms with Gasteiger partial charge in [-0.15, -0.1) is 0 Å². The van der Waals surface area contributed by atoms with E-state index in [1.165, 1.54) is 6.92 Å². The van der Waals surface area contributed by atoms with E-state index in [9.17, 15) is 19.5 Å². The molecule has 0 saturated heterocycles. The molecule has 1 heterocycles. The number of aromatic amines is 1. The number of nitrogens with one attached hydrogen (secondary N) is 3. The Bertz CT molecular complexity index is 850. The fourth-order valence-electron chi connectivity index (χ4n) is 3.04. The van der Waals surface area contributed by atoms with E-state index >= 15 is 0 Å². The predicted molar refractivity (Wildman–Crippen MR) is 110 cm³/mol. The maximum atomic E-state index is 12.4. The zero-order chi connectivity index (χ0) is 21.4. The summed E-state index contributed by atoms with van der Waals surface area (Å²) in [5.41, 5.74) is 12.9. The summed E-state index contributed by atoms with van der Waals surface area (Å²) in [6, 6.07) is 4.75. The lowest BCUT2D eigenvalue weighted by Crippen LogP contribution is -2.53. The number of carbonyl (C=O) groups is 3. The van der Waals surface area contributed by atoms with Crippen LogP contribution in [0.25, 0.3) is 10.9 Å². The van der Waals surface area contributed by atoms with E-state index in [2.05, 4.69) is 15.6 Å². The largest absolute Gasteiger partial charge is 0.480 e. The summed E-state index contributed by atoms with van der Waals surface area (Å²) in [6.07, 6.45) is 3.81. The average molecular weight is 403 g/mol. The molecule has 0 aliphatic heterocycles. The van der Waals surface area contributed by atoms with Gasteiger partial charge in [-0.05, 0) is 37.9 Å². The van der Waals surface area contributed by atoms with Crippen LogP contribution >= 0.6 is 0 Å². The lowest BCUT2D eigenvalue weighted by Gasteiger charge is -2.20. The molecule has 8 N–H and O–H groups in total. The van der Waals surface area contributed by atoms with Crippen LogP contribution in [0.5, 0.6) is 0 Å².